The molecule has 2 aromatic carbocycles. The molecule has 1 aromatic heterocycles. The summed E-state index contributed by atoms with van der Waals surface area (Å²) < 4.78 is 0. The number of aromatic nitrogens is 1. The Morgan fingerprint density at radius 1 is 1.18 bits per heavy atom. The van der Waals surface area contributed by atoms with Crippen LogP contribution in [0.1, 0.15) is 58.4 Å². The molecule has 2 N–H and O–H groups in total. The number of amides is 1. The van der Waals surface area contributed by atoms with Crippen LogP contribution in [0.3, 0.4) is 0 Å². The van der Waals surface area contributed by atoms with Crippen LogP contribution in [0.4, 0.5) is 5.69 Å². The largest absolute Gasteiger partial charge is 0.507 e. The van der Waals surface area contributed by atoms with E-state index in [9.17, 15) is 9.90 Å². The topological polar surface area (TPSA) is 65.5 Å². The summed E-state index contributed by atoms with van der Waals surface area (Å²) in [5, 5.41) is 12.9. The van der Waals surface area contributed by atoms with Crippen LogP contribution in [0.25, 0.3) is 0 Å². The fourth-order valence-electron chi connectivity index (χ4n) is 5.00. The van der Waals surface area contributed by atoms with E-state index in [0.717, 1.165) is 32.4 Å². The van der Waals surface area contributed by atoms with Gasteiger partial charge in [-0.2, -0.15) is 0 Å². The van der Waals surface area contributed by atoms with Crippen molar-refractivity contribution in [3.63, 3.8) is 0 Å². The van der Waals surface area contributed by atoms with Gasteiger partial charge in [0.25, 0.3) is 5.91 Å². The number of nitrogens with zero attached hydrogens (tertiary/aromatic N) is 2. The first-order chi connectivity index (χ1) is 16.2. The van der Waals surface area contributed by atoms with Gasteiger partial charge in [0.2, 0.25) is 0 Å². The number of pyridine rings is 1. The summed E-state index contributed by atoms with van der Waals surface area (Å²) in [5.74, 6) is -0.214. The first-order valence-electron chi connectivity index (χ1n) is 12.1. The Labute approximate surface area is 202 Å². The Bertz CT molecular complexity index is 1170. The van der Waals surface area contributed by atoms with Crippen LogP contribution in [0.5, 0.6) is 5.75 Å². The fraction of sp³-hybridized carbons (Fsp3) is 0.379. The zero-order chi connectivity index (χ0) is 24.3. The third kappa shape index (κ3) is 5.24. The number of phenols is 1. The normalized spacial score (nSPS) is 13.1. The summed E-state index contributed by atoms with van der Waals surface area (Å²) in [6, 6.07) is 13.2. The Kier molecular flexibility index (Phi) is 6.92. The van der Waals surface area contributed by atoms with E-state index in [2.05, 4.69) is 55.0 Å². The van der Waals surface area contributed by atoms with E-state index in [1.165, 1.54) is 39.6 Å². The van der Waals surface area contributed by atoms with Gasteiger partial charge in [0.05, 0.1) is 5.56 Å². The standard InChI is InChI=1S/C29H35N3O2/c1-20-16-26-23(11-15-32(26)19-22-8-7-13-30-18-22)21(2)25(20)17-29(3,4)12-14-31-28(34)24-9-5-6-10-27(24)33/h5-10,13,16,18,33H,11-12,14-15,17,19H2,1-4H3,(H,31,34). The molecule has 1 aliphatic rings. The molecule has 5 heteroatoms. The van der Waals surface area contributed by atoms with Gasteiger partial charge >= 0.3 is 0 Å². The van der Waals surface area contributed by atoms with E-state index < -0.39 is 0 Å². The summed E-state index contributed by atoms with van der Waals surface area (Å²) in [4.78, 5) is 19.2. The molecule has 0 saturated carbocycles. The van der Waals surface area contributed by atoms with Gasteiger partial charge in [0.15, 0.2) is 0 Å². The lowest BCUT2D eigenvalue weighted by Crippen LogP contribution is -2.29. The number of phenolic OH excluding ortho intramolecular Hbond substituents is 1. The van der Waals surface area contributed by atoms with Crippen LogP contribution in [0.2, 0.25) is 0 Å². The number of para-hydroxylation sites is 1. The number of carbonyl (C=O) groups is 1. The molecule has 0 saturated heterocycles. The van der Waals surface area contributed by atoms with E-state index in [1.54, 1.807) is 18.2 Å². The maximum Gasteiger partial charge on any atom is 0.255 e. The maximum absolute atomic E-state index is 12.4. The van der Waals surface area contributed by atoms with Crippen LogP contribution in [0, 0.1) is 19.3 Å². The average molecular weight is 458 g/mol. The molecular formula is C29H35N3O2. The molecule has 0 fully saturated rings. The molecule has 0 spiro atoms. The van der Waals surface area contributed by atoms with Crippen LogP contribution >= 0.6 is 0 Å². The van der Waals surface area contributed by atoms with E-state index in [-0.39, 0.29) is 17.1 Å². The van der Waals surface area contributed by atoms with Crippen molar-refractivity contribution in [2.75, 3.05) is 18.0 Å². The molecule has 1 amide bonds. The van der Waals surface area contributed by atoms with Crippen LogP contribution in [0.15, 0.2) is 54.9 Å². The van der Waals surface area contributed by atoms with Crippen LogP contribution < -0.4 is 10.2 Å². The van der Waals surface area contributed by atoms with Crippen molar-refractivity contribution >= 4 is 11.6 Å². The van der Waals surface area contributed by atoms with Crippen molar-refractivity contribution in [2.45, 2.75) is 53.5 Å². The highest BCUT2D eigenvalue weighted by molar-refractivity contribution is 5.96. The molecule has 2 heterocycles. The Morgan fingerprint density at radius 3 is 2.71 bits per heavy atom. The van der Waals surface area contributed by atoms with E-state index in [0.29, 0.717) is 12.1 Å². The Morgan fingerprint density at radius 2 is 1.97 bits per heavy atom. The van der Waals surface area contributed by atoms with Crippen molar-refractivity contribution in [2.24, 2.45) is 5.41 Å². The van der Waals surface area contributed by atoms with E-state index >= 15 is 0 Å². The van der Waals surface area contributed by atoms with Crippen LogP contribution in [-0.2, 0) is 19.4 Å². The number of rotatable bonds is 8. The minimum absolute atomic E-state index is 0.0150. The molecule has 0 aliphatic carbocycles. The molecule has 3 aromatic rings. The SMILES string of the molecule is Cc1cc2c(c(C)c1CC(C)(C)CCNC(=O)c1ccccc1O)CCN2Cc1cccnc1. The van der Waals surface area contributed by atoms with Crippen molar-refractivity contribution in [3.05, 3.63) is 88.2 Å². The molecule has 0 bridgehead atoms. The van der Waals surface area contributed by atoms with Gasteiger partial charge in [-0.15, -0.1) is 0 Å². The predicted octanol–water partition coefficient (Wildman–Crippen LogP) is 5.36. The number of carbonyl (C=O) groups excluding carboxylic acids is 1. The maximum atomic E-state index is 12.4. The predicted molar refractivity (Wildman–Crippen MR) is 137 cm³/mol. The van der Waals surface area contributed by atoms with Gasteiger partial charge in [-0.3, -0.25) is 9.78 Å². The zero-order valence-electron chi connectivity index (χ0n) is 20.7. The zero-order valence-corrected chi connectivity index (χ0v) is 20.7. The van der Waals surface area contributed by atoms with Gasteiger partial charge in [-0.1, -0.05) is 32.0 Å². The second-order valence-corrected chi connectivity index (χ2v) is 10.2. The second-order valence-electron chi connectivity index (χ2n) is 10.2. The van der Waals surface area contributed by atoms with Gasteiger partial charge < -0.3 is 15.3 Å². The molecule has 178 valence electrons. The number of aromatic hydroxyl groups is 1. The highest BCUT2D eigenvalue weighted by Gasteiger charge is 2.27. The summed E-state index contributed by atoms with van der Waals surface area (Å²) in [6.07, 6.45) is 6.67. The minimum Gasteiger partial charge on any atom is -0.507 e. The number of fused-ring (bicyclic) bond motifs is 1. The van der Waals surface area contributed by atoms with E-state index in [4.69, 9.17) is 0 Å². The monoisotopic (exact) mass is 457 g/mol. The lowest BCUT2D eigenvalue weighted by Gasteiger charge is -2.28. The quantitative estimate of drug-likeness (QED) is 0.478. The molecule has 0 atom stereocenters. The second kappa shape index (κ2) is 9.88. The number of nitrogens with one attached hydrogen (secondary N) is 1. The molecule has 34 heavy (non-hydrogen) atoms. The summed E-state index contributed by atoms with van der Waals surface area (Å²) >= 11 is 0. The average Bonchev–Trinajstić information content (AvgIpc) is 3.19. The third-order valence-corrected chi connectivity index (χ3v) is 7.00. The van der Waals surface area contributed by atoms with Gasteiger partial charge in [0, 0.05) is 37.7 Å². The number of benzene rings is 2. The Balaban J connectivity index is 1.42. The first kappa shape index (κ1) is 23.8. The first-order valence-corrected chi connectivity index (χ1v) is 12.1. The summed E-state index contributed by atoms with van der Waals surface area (Å²) in [6.45, 7) is 11.5. The third-order valence-electron chi connectivity index (χ3n) is 7.00. The van der Waals surface area contributed by atoms with Crippen molar-refractivity contribution < 1.29 is 9.90 Å². The summed E-state index contributed by atoms with van der Waals surface area (Å²) in [7, 11) is 0. The molecular weight excluding hydrogens is 422 g/mol. The highest BCUT2D eigenvalue weighted by Crippen LogP contribution is 2.38. The molecule has 5 nitrogen and oxygen atoms in total. The van der Waals surface area contributed by atoms with Crippen molar-refractivity contribution in [3.8, 4) is 5.75 Å². The summed E-state index contributed by atoms with van der Waals surface area (Å²) in [5.41, 5.74) is 8.59. The number of aryl methyl sites for hydroxylation is 1. The van der Waals surface area contributed by atoms with Gasteiger partial charge in [-0.25, -0.2) is 0 Å². The molecule has 0 radical (unpaired) electrons. The van der Waals surface area contributed by atoms with Crippen LogP contribution in [-0.4, -0.2) is 29.1 Å². The Hall–Kier alpha value is -3.34. The lowest BCUT2D eigenvalue weighted by molar-refractivity contribution is 0.0946. The van der Waals surface area contributed by atoms with Crippen molar-refractivity contribution in [1.82, 2.24) is 10.3 Å². The number of hydrogen-bond acceptors (Lipinski definition) is 4. The van der Waals surface area contributed by atoms with Crippen molar-refractivity contribution in [1.29, 1.82) is 0 Å². The van der Waals surface area contributed by atoms with Gasteiger partial charge in [0.1, 0.15) is 5.75 Å². The minimum atomic E-state index is -0.229. The smallest absolute Gasteiger partial charge is 0.255 e. The highest BCUT2D eigenvalue weighted by atomic mass is 16.3. The fourth-order valence-corrected chi connectivity index (χ4v) is 5.00. The lowest BCUT2D eigenvalue weighted by atomic mass is 9.79. The molecule has 4 rings (SSSR count). The van der Waals surface area contributed by atoms with Gasteiger partial charge in [-0.05, 0) is 90.6 Å². The molecule has 0 unspecified atom stereocenters. The number of hydrogen-bond donors (Lipinski definition) is 2. The van der Waals surface area contributed by atoms with E-state index in [1.807, 2.05) is 18.5 Å². The number of anilines is 1. The molecule has 1 aliphatic heterocycles.